The van der Waals surface area contributed by atoms with Gasteiger partial charge in [0.25, 0.3) is 5.91 Å². The monoisotopic (exact) mass is 486 g/mol. The number of hydrogen-bond donors (Lipinski definition) is 0. The number of amides is 2. The number of fused-ring (bicyclic) bond motifs is 1. The van der Waals surface area contributed by atoms with Crippen LogP contribution in [-0.2, 0) is 23.9 Å². The van der Waals surface area contributed by atoms with Gasteiger partial charge in [0, 0.05) is 0 Å². The smallest absolute Gasteiger partial charge is 0.348 e. The summed E-state index contributed by atoms with van der Waals surface area (Å²) in [6.45, 7) is 5.38. The fraction of sp³-hybridized carbons (Fsp3) is 0.417. The molecule has 2 aliphatic rings. The number of carbonyl (C=O) groups excluding carboxylic acids is 4. The van der Waals surface area contributed by atoms with Crippen molar-refractivity contribution in [1.29, 1.82) is 0 Å². The highest BCUT2D eigenvalue weighted by Crippen LogP contribution is 2.45. The summed E-state index contributed by atoms with van der Waals surface area (Å²) < 4.78 is 9.99. The Morgan fingerprint density at radius 3 is 2.41 bits per heavy atom. The first kappa shape index (κ1) is 23.9. The minimum atomic E-state index is -1.02. The van der Waals surface area contributed by atoms with Gasteiger partial charge >= 0.3 is 11.9 Å². The molecule has 34 heavy (non-hydrogen) atoms. The Labute approximate surface area is 201 Å². The Bertz CT molecular complexity index is 1130. The van der Waals surface area contributed by atoms with Gasteiger partial charge in [0.15, 0.2) is 6.10 Å². The number of benzene rings is 1. The van der Waals surface area contributed by atoms with Crippen molar-refractivity contribution < 1.29 is 33.5 Å². The van der Waals surface area contributed by atoms with Crippen LogP contribution in [0, 0.1) is 12.8 Å². The second kappa shape index (κ2) is 9.55. The van der Waals surface area contributed by atoms with E-state index in [1.54, 1.807) is 18.9 Å². The number of nitrogens with zero attached hydrogens (tertiary/aromatic N) is 2. The minimum Gasteiger partial charge on any atom is -0.465 e. The van der Waals surface area contributed by atoms with Gasteiger partial charge in [0.2, 0.25) is 5.91 Å². The maximum absolute atomic E-state index is 13.7. The van der Waals surface area contributed by atoms with Gasteiger partial charge in [0.05, 0.1) is 36.9 Å². The summed E-state index contributed by atoms with van der Waals surface area (Å²) in [5.74, 6) is -3.15. The molecule has 1 aromatic carbocycles. The zero-order chi connectivity index (χ0) is 24.6. The number of hydroxylamine groups is 1. The van der Waals surface area contributed by atoms with Crippen LogP contribution < -0.4 is 9.96 Å². The SMILES string of the molecule is CCC[C@H]1[C@@H]2C(=O)N(c3sc(C(=O)OCC)c(C)c3C(=O)OC)C(=O)[C@H]2ON1c1ccccc1. The molecule has 2 aliphatic heterocycles. The molecule has 10 heteroatoms. The van der Waals surface area contributed by atoms with Gasteiger partial charge in [-0.2, -0.15) is 0 Å². The number of anilines is 2. The van der Waals surface area contributed by atoms with E-state index in [1.165, 1.54) is 7.11 Å². The molecule has 0 aliphatic carbocycles. The molecule has 180 valence electrons. The third-order valence-corrected chi connectivity index (χ3v) is 7.27. The van der Waals surface area contributed by atoms with Crippen molar-refractivity contribution in [3.05, 3.63) is 46.3 Å². The van der Waals surface area contributed by atoms with Gasteiger partial charge in [-0.05, 0) is 38.0 Å². The number of esters is 2. The molecular formula is C24H26N2O7S. The maximum Gasteiger partial charge on any atom is 0.348 e. The lowest BCUT2D eigenvalue weighted by Crippen LogP contribution is -2.40. The number of methoxy groups -OCH3 is 1. The van der Waals surface area contributed by atoms with Crippen LogP contribution in [0.3, 0.4) is 0 Å². The van der Waals surface area contributed by atoms with E-state index < -0.39 is 35.8 Å². The highest BCUT2D eigenvalue weighted by molar-refractivity contribution is 7.19. The molecule has 0 spiro atoms. The molecule has 1 aromatic heterocycles. The average Bonchev–Trinajstić information content (AvgIpc) is 3.45. The van der Waals surface area contributed by atoms with Crippen molar-refractivity contribution in [2.45, 2.75) is 45.8 Å². The third kappa shape index (κ3) is 3.76. The quantitative estimate of drug-likeness (QED) is 0.433. The second-order valence-electron chi connectivity index (χ2n) is 8.03. The summed E-state index contributed by atoms with van der Waals surface area (Å²) in [5, 5.41) is 1.71. The Kier molecular flexibility index (Phi) is 6.72. The topological polar surface area (TPSA) is 102 Å². The molecule has 3 heterocycles. The first-order valence-electron chi connectivity index (χ1n) is 11.1. The molecule has 0 N–H and O–H groups in total. The van der Waals surface area contributed by atoms with Gasteiger partial charge in [-0.25, -0.2) is 19.6 Å². The van der Waals surface area contributed by atoms with E-state index in [0.29, 0.717) is 12.0 Å². The van der Waals surface area contributed by atoms with Crippen molar-refractivity contribution in [1.82, 2.24) is 0 Å². The van der Waals surface area contributed by atoms with Gasteiger partial charge in [-0.15, -0.1) is 11.3 Å². The number of thiophene rings is 1. The van der Waals surface area contributed by atoms with Crippen LogP contribution in [0.15, 0.2) is 30.3 Å². The molecule has 4 rings (SSSR count). The maximum atomic E-state index is 13.7. The fourth-order valence-electron chi connectivity index (χ4n) is 4.50. The van der Waals surface area contributed by atoms with Gasteiger partial charge < -0.3 is 9.47 Å². The number of ether oxygens (including phenoxy) is 2. The summed E-state index contributed by atoms with van der Waals surface area (Å²) >= 11 is 0.873. The molecule has 2 saturated heterocycles. The van der Waals surface area contributed by atoms with E-state index in [2.05, 4.69) is 0 Å². The fourth-order valence-corrected chi connectivity index (χ4v) is 5.70. The molecule has 0 unspecified atom stereocenters. The largest absolute Gasteiger partial charge is 0.465 e. The van der Waals surface area contributed by atoms with Crippen LogP contribution >= 0.6 is 11.3 Å². The average molecular weight is 487 g/mol. The molecule has 0 bridgehead atoms. The highest BCUT2D eigenvalue weighted by Gasteiger charge is 2.60. The van der Waals surface area contributed by atoms with E-state index in [-0.39, 0.29) is 28.1 Å². The Hall–Kier alpha value is -3.24. The zero-order valence-electron chi connectivity index (χ0n) is 19.4. The van der Waals surface area contributed by atoms with Crippen LogP contribution in [-0.4, -0.2) is 49.6 Å². The summed E-state index contributed by atoms with van der Waals surface area (Å²) in [4.78, 5) is 59.4. The van der Waals surface area contributed by atoms with Crippen LogP contribution in [0.2, 0.25) is 0 Å². The van der Waals surface area contributed by atoms with Gasteiger partial charge in [-0.3, -0.25) is 14.4 Å². The third-order valence-electron chi connectivity index (χ3n) is 6.02. The molecule has 0 saturated carbocycles. The van der Waals surface area contributed by atoms with Gasteiger partial charge in [-0.1, -0.05) is 31.5 Å². The van der Waals surface area contributed by atoms with Crippen molar-refractivity contribution >= 4 is 45.8 Å². The van der Waals surface area contributed by atoms with Crippen LogP contribution in [0.4, 0.5) is 10.7 Å². The lowest BCUT2D eigenvalue weighted by molar-refractivity contribution is -0.126. The lowest BCUT2D eigenvalue weighted by atomic mass is 9.93. The van der Waals surface area contributed by atoms with Crippen molar-refractivity contribution in [3.8, 4) is 0 Å². The summed E-state index contributed by atoms with van der Waals surface area (Å²) in [6, 6.07) is 8.97. The molecule has 2 aromatic rings. The summed E-state index contributed by atoms with van der Waals surface area (Å²) in [7, 11) is 1.20. The molecule has 2 amide bonds. The van der Waals surface area contributed by atoms with Crippen LogP contribution in [0.25, 0.3) is 0 Å². The number of hydrogen-bond acceptors (Lipinski definition) is 9. The summed E-state index contributed by atoms with van der Waals surface area (Å²) in [5.41, 5.74) is 1.07. The molecule has 3 atom stereocenters. The first-order chi connectivity index (χ1) is 16.3. The van der Waals surface area contributed by atoms with E-state index in [4.69, 9.17) is 14.3 Å². The number of imide groups is 1. The Morgan fingerprint density at radius 2 is 1.79 bits per heavy atom. The van der Waals surface area contributed by atoms with Crippen molar-refractivity contribution in [2.75, 3.05) is 23.7 Å². The first-order valence-corrected chi connectivity index (χ1v) is 11.9. The zero-order valence-corrected chi connectivity index (χ0v) is 20.2. The molecular weight excluding hydrogens is 460 g/mol. The van der Waals surface area contributed by atoms with E-state index in [9.17, 15) is 19.2 Å². The van der Waals surface area contributed by atoms with Crippen LogP contribution in [0.1, 0.15) is 52.3 Å². The van der Waals surface area contributed by atoms with Crippen LogP contribution in [0.5, 0.6) is 0 Å². The molecule has 0 radical (unpaired) electrons. The number of para-hydroxylation sites is 1. The predicted molar refractivity (Wildman–Crippen MR) is 125 cm³/mol. The summed E-state index contributed by atoms with van der Waals surface area (Å²) in [6.07, 6.45) is 0.383. The highest BCUT2D eigenvalue weighted by atomic mass is 32.1. The molecule has 9 nitrogen and oxygen atoms in total. The van der Waals surface area contributed by atoms with Gasteiger partial charge in [0.1, 0.15) is 9.88 Å². The molecule has 2 fully saturated rings. The Balaban J connectivity index is 1.75. The van der Waals surface area contributed by atoms with E-state index >= 15 is 0 Å². The minimum absolute atomic E-state index is 0.00387. The van der Waals surface area contributed by atoms with Crippen molar-refractivity contribution in [2.24, 2.45) is 5.92 Å². The van der Waals surface area contributed by atoms with E-state index in [1.807, 2.05) is 37.3 Å². The van der Waals surface area contributed by atoms with Crippen molar-refractivity contribution in [3.63, 3.8) is 0 Å². The van der Waals surface area contributed by atoms with E-state index in [0.717, 1.165) is 28.3 Å². The standard InChI is InChI=1S/C24H26N2O7S/c1-5-10-15-17-18(33-26(15)14-11-8-7-9-12-14)21(28)25(20(17)27)22-16(23(29)31-4)13(3)19(34-22)24(30)32-6-2/h7-9,11-12,15,17-18H,5-6,10H2,1-4H3/t15-,17-,18-/m0/s1. The lowest BCUT2D eigenvalue weighted by Gasteiger charge is -2.28. The normalized spacial score (nSPS) is 21.7. The second-order valence-corrected chi connectivity index (χ2v) is 9.03. The number of rotatable bonds is 7. The Morgan fingerprint density at radius 1 is 1.09 bits per heavy atom. The predicted octanol–water partition coefficient (Wildman–Crippen LogP) is 3.50. The number of carbonyl (C=O) groups is 4.